The topological polar surface area (TPSA) is 38.5 Å². The first kappa shape index (κ1) is 9.29. The van der Waals surface area contributed by atoms with Gasteiger partial charge in [0, 0.05) is 25.3 Å². The van der Waals surface area contributed by atoms with Crippen LogP contribution in [0.5, 0.6) is 0 Å². The largest absolute Gasteiger partial charge is 0.399 e. The highest BCUT2D eigenvalue weighted by Crippen LogP contribution is 1.97. The van der Waals surface area contributed by atoms with Crippen LogP contribution < -0.4 is 5.73 Å². The van der Waals surface area contributed by atoms with Gasteiger partial charge in [-0.05, 0) is 12.2 Å². The molecular weight excluding hydrogens is 152 g/mol. The molecule has 12 heavy (non-hydrogen) atoms. The predicted molar refractivity (Wildman–Crippen MR) is 49.7 cm³/mol. The zero-order valence-corrected chi connectivity index (χ0v) is 7.33. The Hall–Kier alpha value is -0.800. The molecule has 2 N–H and O–H groups in total. The third-order valence-electron chi connectivity index (χ3n) is 1.92. The molecule has 1 rings (SSSR count). The van der Waals surface area contributed by atoms with Gasteiger partial charge < -0.3 is 10.5 Å². The Kier molecular flexibility index (Phi) is 3.84. The number of ether oxygens (including phenoxy) is 1. The maximum atomic E-state index is 5.58. The average Bonchev–Trinajstić information content (AvgIpc) is 2.16. The lowest BCUT2D eigenvalue weighted by Crippen LogP contribution is -2.36. The van der Waals surface area contributed by atoms with Gasteiger partial charge in [-0.2, -0.15) is 0 Å². The first-order valence-electron chi connectivity index (χ1n) is 4.21. The first-order valence-corrected chi connectivity index (χ1v) is 4.21. The Morgan fingerprint density at radius 1 is 1.50 bits per heavy atom. The quantitative estimate of drug-likeness (QED) is 0.618. The molecule has 0 amide bonds. The monoisotopic (exact) mass is 168 g/mol. The van der Waals surface area contributed by atoms with Crippen LogP contribution >= 0.6 is 0 Å². The van der Waals surface area contributed by atoms with Crippen molar-refractivity contribution < 1.29 is 4.74 Å². The van der Waals surface area contributed by atoms with Crippen LogP contribution in [0.2, 0.25) is 0 Å². The summed E-state index contributed by atoms with van der Waals surface area (Å²) < 4.78 is 5.22. The van der Waals surface area contributed by atoms with Gasteiger partial charge in [0.1, 0.15) is 0 Å². The molecular formula is C9H16N2O. The molecule has 0 unspecified atom stereocenters. The minimum atomic E-state index is 0.751. The summed E-state index contributed by atoms with van der Waals surface area (Å²) in [7, 11) is 0. The van der Waals surface area contributed by atoms with Crippen LogP contribution in [0.25, 0.3) is 0 Å². The van der Waals surface area contributed by atoms with Crippen molar-refractivity contribution in [2.24, 2.45) is 5.73 Å². The van der Waals surface area contributed by atoms with E-state index < -0.39 is 0 Å². The fourth-order valence-electron chi connectivity index (χ4n) is 1.10. The van der Waals surface area contributed by atoms with Gasteiger partial charge in [0.25, 0.3) is 0 Å². The molecule has 0 saturated carbocycles. The summed E-state index contributed by atoms with van der Waals surface area (Å²) in [5, 5.41) is 0. The highest BCUT2D eigenvalue weighted by molar-refractivity contribution is 5.11. The lowest BCUT2D eigenvalue weighted by Gasteiger charge is -2.25. The second-order valence-corrected chi connectivity index (χ2v) is 2.82. The van der Waals surface area contributed by atoms with Crippen LogP contribution in [-0.4, -0.2) is 37.7 Å². The van der Waals surface area contributed by atoms with E-state index in [-0.39, 0.29) is 0 Å². The first-order chi connectivity index (χ1) is 5.83. The predicted octanol–water partition coefficient (Wildman–Crippen LogP) is 0.347. The van der Waals surface area contributed by atoms with Crippen LogP contribution in [-0.2, 0) is 4.74 Å². The number of rotatable bonds is 3. The Bertz CT molecular complexity index is 171. The zero-order valence-electron chi connectivity index (χ0n) is 7.33. The van der Waals surface area contributed by atoms with Crippen molar-refractivity contribution in [1.29, 1.82) is 0 Å². The summed E-state index contributed by atoms with van der Waals surface area (Å²) in [4.78, 5) is 2.31. The summed E-state index contributed by atoms with van der Waals surface area (Å²) in [5.74, 6) is 0. The molecule has 1 fully saturated rings. The van der Waals surface area contributed by atoms with Gasteiger partial charge in [0.2, 0.25) is 0 Å². The van der Waals surface area contributed by atoms with E-state index in [1.165, 1.54) is 0 Å². The molecule has 1 saturated heterocycles. The van der Waals surface area contributed by atoms with E-state index in [1.54, 1.807) is 6.08 Å². The van der Waals surface area contributed by atoms with Crippen molar-refractivity contribution in [3.8, 4) is 0 Å². The summed E-state index contributed by atoms with van der Waals surface area (Å²) in [6.45, 7) is 8.16. The zero-order chi connectivity index (χ0) is 8.81. The standard InChI is InChI=1S/C9H16N2O/c1-2-9(10)3-4-11-5-7-12-8-6-11/h2-3H,1,4-8,10H2/b9-3+. The molecule has 0 aromatic carbocycles. The third kappa shape index (κ3) is 3.07. The van der Waals surface area contributed by atoms with Crippen molar-refractivity contribution in [1.82, 2.24) is 4.90 Å². The van der Waals surface area contributed by atoms with Crippen molar-refractivity contribution >= 4 is 0 Å². The molecule has 0 atom stereocenters. The van der Waals surface area contributed by atoms with Crippen molar-refractivity contribution in [2.45, 2.75) is 0 Å². The molecule has 1 aliphatic rings. The average molecular weight is 168 g/mol. The highest BCUT2D eigenvalue weighted by Gasteiger charge is 2.07. The molecule has 0 bridgehead atoms. The van der Waals surface area contributed by atoms with Crippen LogP contribution in [0.3, 0.4) is 0 Å². The van der Waals surface area contributed by atoms with Gasteiger partial charge in [-0.3, -0.25) is 4.90 Å². The van der Waals surface area contributed by atoms with Gasteiger partial charge in [-0.15, -0.1) is 0 Å². The van der Waals surface area contributed by atoms with Crippen LogP contribution in [0.1, 0.15) is 0 Å². The van der Waals surface area contributed by atoms with E-state index in [0.29, 0.717) is 0 Å². The summed E-state index contributed by atoms with van der Waals surface area (Å²) in [6, 6.07) is 0. The number of hydrogen-bond acceptors (Lipinski definition) is 3. The number of allylic oxidation sites excluding steroid dienone is 1. The molecule has 0 spiro atoms. The lowest BCUT2D eigenvalue weighted by atomic mass is 10.3. The molecule has 1 heterocycles. The molecule has 0 aliphatic carbocycles. The molecule has 68 valence electrons. The van der Waals surface area contributed by atoms with Crippen molar-refractivity contribution in [2.75, 3.05) is 32.8 Å². The molecule has 0 aromatic rings. The Morgan fingerprint density at radius 3 is 2.75 bits per heavy atom. The van der Waals surface area contributed by atoms with Crippen molar-refractivity contribution in [3.63, 3.8) is 0 Å². The van der Waals surface area contributed by atoms with E-state index in [0.717, 1.165) is 38.5 Å². The Balaban J connectivity index is 2.25. The molecule has 3 nitrogen and oxygen atoms in total. The van der Waals surface area contributed by atoms with Crippen molar-refractivity contribution in [3.05, 3.63) is 24.4 Å². The SMILES string of the molecule is C=C/C(N)=C\CN1CCOCC1. The fraction of sp³-hybridized carbons (Fsp3) is 0.556. The van der Waals surface area contributed by atoms with E-state index in [9.17, 15) is 0 Å². The van der Waals surface area contributed by atoms with E-state index >= 15 is 0 Å². The second-order valence-electron chi connectivity index (χ2n) is 2.82. The highest BCUT2D eigenvalue weighted by atomic mass is 16.5. The van der Waals surface area contributed by atoms with Gasteiger partial charge in [-0.25, -0.2) is 0 Å². The fourth-order valence-corrected chi connectivity index (χ4v) is 1.10. The normalized spacial score (nSPS) is 20.8. The van der Waals surface area contributed by atoms with Crippen LogP contribution in [0, 0.1) is 0 Å². The molecule has 0 aromatic heterocycles. The Labute approximate surface area is 73.5 Å². The summed E-state index contributed by atoms with van der Waals surface area (Å²) in [6.07, 6.45) is 3.65. The number of morpholine rings is 1. The van der Waals surface area contributed by atoms with Gasteiger partial charge >= 0.3 is 0 Å². The number of hydrogen-bond donors (Lipinski definition) is 1. The smallest absolute Gasteiger partial charge is 0.0594 e. The van der Waals surface area contributed by atoms with Crippen LogP contribution in [0.15, 0.2) is 24.4 Å². The van der Waals surface area contributed by atoms with Gasteiger partial charge in [-0.1, -0.05) is 6.58 Å². The number of nitrogens with two attached hydrogens (primary N) is 1. The van der Waals surface area contributed by atoms with E-state index in [2.05, 4.69) is 11.5 Å². The second kappa shape index (κ2) is 4.95. The summed E-state index contributed by atoms with van der Waals surface area (Å²) in [5.41, 5.74) is 6.33. The molecule has 0 radical (unpaired) electrons. The van der Waals surface area contributed by atoms with Gasteiger partial charge in [0.15, 0.2) is 0 Å². The van der Waals surface area contributed by atoms with E-state index in [4.69, 9.17) is 10.5 Å². The summed E-state index contributed by atoms with van der Waals surface area (Å²) >= 11 is 0. The third-order valence-corrected chi connectivity index (χ3v) is 1.92. The Morgan fingerprint density at radius 2 is 2.17 bits per heavy atom. The van der Waals surface area contributed by atoms with Gasteiger partial charge in [0.05, 0.1) is 13.2 Å². The minimum Gasteiger partial charge on any atom is -0.399 e. The van der Waals surface area contributed by atoms with E-state index in [1.807, 2.05) is 6.08 Å². The maximum absolute atomic E-state index is 5.58. The van der Waals surface area contributed by atoms with Crippen LogP contribution in [0.4, 0.5) is 0 Å². The number of nitrogens with zero attached hydrogens (tertiary/aromatic N) is 1. The maximum Gasteiger partial charge on any atom is 0.0594 e. The minimum absolute atomic E-state index is 0.751. The molecule has 1 aliphatic heterocycles. The molecule has 3 heteroatoms. The lowest BCUT2D eigenvalue weighted by molar-refractivity contribution is 0.0433.